The highest BCUT2D eigenvalue weighted by atomic mass is 19.4. The molecule has 0 nitrogen and oxygen atoms in total. The minimum atomic E-state index is -3.67. The van der Waals surface area contributed by atoms with Gasteiger partial charge in [0.1, 0.15) is 6.67 Å². The van der Waals surface area contributed by atoms with Crippen LogP contribution in [0.25, 0.3) is 0 Å². The van der Waals surface area contributed by atoms with Crippen LogP contribution >= 0.6 is 0 Å². The zero-order valence-corrected chi connectivity index (χ0v) is 4.93. The molecule has 0 rings (SSSR count). The predicted molar refractivity (Wildman–Crippen MR) is 23.4 cm³/mol. The van der Waals surface area contributed by atoms with E-state index in [0.717, 1.165) is 0 Å². The van der Waals surface area contributed by atoms with Gasteiger partial charge in [0.25, 0.3) is 0 Å². The zero-order valence-electron chi connectivity index (χ0n) is 4.93. The Bertz CT molecular complexity index is 111. The van der Waals surface area contributed by atoms with E-state index >= 15 is 0 Å². The zero-order chi connectivity index (χ0) is 9.44. The molecule has 0 unspecified atom stereocenters. The van der Waals surface area contributed by atoms with Crippen molar-refractivity contribution in [3.8, 4) is 0 Å². The Kier molecular flexibility index (Phi) is 8.62. The predicted octanol–water partition coefficient (Wildman–Crippen LogP) is 3.21. The van der Waals surface area contributed by atoms with E-state index in [1.807, 2.05) is 0 Å². The second-order valence-corrected chi connectivity index (χ2v) is 1.05. The first-order valence-electron chi connectivity index (χ1n) is 2.09. The summed E-state index contributed by atoms with van der Waals surface area (Å²) in [4.78, 5) is 0. The molecule has 0 bridgehead atoms. The molecular formula is C4H3F7. The minimum absolute atomic E-state index is 1.72. The van der Waals surface area contributed by atoms with Crippen LogP contribution in [-0.4, -0.2) is 13.4 Å². The van der Waals surface area contributed by atoms with Crippen molar-refractivity contribution in [3.63, 3.8) is 0 Å². The number of allylic oxidation sites excluding steroid dienone is 1. The first-order chi connectivity index (χ1) is 4.91. The van der Waals surface area contributed by atoms with E-state index in [4.69, 9.17) is 0 Å². The van der Waals surface area contributed by atoms with Gasteiger partial charge >= 0.3 is 12.8 Å². The molecule has 0 saturated carbocycles. The number of hydrogen-bond acceptors (Lipinski definition) is 0. The van der Waals surface area contributed by atoms with Crippen LogP contribution < -0.4 is 0 Å². The molecule has 0 radical (unpaired) electrons. The van der Waals surface area contributed by atoms with Crippen molar-refractivity contribution in [2.75, 3.05) is 6.67 Å². The standard InChI is InChI=1S/C3H2F4.CHF3/c4-1-2(5)3(6)7;2-1(3)4/h1H2;1H. The molecular weight excluding hydrogens is 181 g/mol. The molecule has 0 aromatic heterocycles. The molecule has 0 heterocycles. The molecule has 0 spiro atoms. The fourth-order valence-electron chi connectivity index (χ4n) is 0.0505. The first-order valence-corrected chi connectivity index (χ1v) is 2.09. The summed E-state index contributed by atoms with van der Waals surface area (Å²) in [5.74, 6) is -1.99. The summed E-state index contributed by atoms with van der Waals surface area (Å²) in [6.07, 6.45) is -2.58. The summed E-state index contributed by atoms with van der Waals surface area (Å²) in [7, 11) is 0. The Balaban J connectivity index is 0. The maximum Gasteiger partial charge on any atom is 0.379 e. The highest BCUT2D eigenvalue weighted by molar-refractivity contribution is 4.90. The summed E-state index contributed by atoms with van der Waals surface area (Å²) in [6, 6.07) is 0. The lowest BCUT2D eigenvalue weighted by molar-refractivity contribution is 0.00819. The summed E-state index contributed by atoms with van der Waals surface area (Å²) < 4.78 is 72.1. The van der Waals surface area contributed by atoms with Gasteiger partial charge in [-0.2, -0.15) is 22.0 Å². The van der Waals surface area contributed by atoms with Crippen molar-refractivity contribution in [1.29, 1.82) is 0 Å². The highest BCUT2D eigenvalue weighted by Crippen LogP contribution is 2.07. The van der Waals surface area contributed by atoms with Crippen molar-refractivity contribution in [3.05, 3.63) is 11.9 Å². The van der Waals surface area contributed by atoms with E-state index in [2.05, 4.69) is 0 Å². The third-order valence-electron chi connectivity index (χ3n) is 0.322. The summed E-state index contributed by atoms with van der Waals surface area (Å²) >= 11 is 0. The van der Waals surface area contributed by atoms with E-state index in [1.165, 1.54) is 0 Å². The van der Waals surface area contributed by atoms with E-state index < -0.39 is 25.3 Å². The highest BCUT2D eigenvalue weighted by Gasteiger charge is 2.00. The van der Waals surface area contributed by atoms with Crippen LogP contribution in [-0.2, 0) is 0 Å². The van der Waals surface area contributed by atoms with Gasteiger partial charge < -0.3 is 0 Å². The molecule has 0 aliphatic carbocycles. The smallest absolute Gasteiger partial charge is 0.243 e. The third kappa shape index (κ3) is 17.6. The van der Waals surface area contributed by atoms with Crippen LogP contribution in [0, 0.1) is 0 Å². The molecule has 0 fully saturated rings. The molecule has 0 atom stereocenters. The van der Waals surface area contributed by atoms with E-state index in [9.17, 15) is 30.7 Å². The van der Waals surface area contributed by atoms with Gasteiger partial charge in [0.05, 0.1) is 0 Å². The average molecular weight is 184 g/mol. The number of alkyl halides is 4. The van der Waals surface area contributed by atoms with Gasteiger partial charge in [-0.05, 0) is 0 Å². The van der Waals surface area contributed by atoms with Crippen LogP contribution in [0.5, 0.6) is 0 Å². The normalized spacial score (nSPS) is 8.73. The Labute approximate surface area is 57.3 Å². The van der Waals surface area contributed by atoms with Crippen LogP contribution in [0.4, 0.5) is 30.7 Å². The molecule has 0 aromatic carbocycles. The van der Waals surface area contributed by atoms with Crippen LogP contribution in [0.1, 0.15) is 0 Å². The van der Waals surface area contributed by atoms with E-state index in [1.54, 1.807) is 0 Å². The first kappa shape index (κ1) is 12.9. The fourth-order valence-corrected chi connectivity index (χ4v) is 0.0505. The van der Waals surface area contributed by atoms with Gasteiger partial charge in [0.15, 0.2) is 5.83 Å². The number of rotatable bonds is 1. The lowest BCUT2D eigenvalue weighted by atomic mass is 10.6. The third-order valence-corrected chi connectivity index (χ3v) is 0.322. The molecule has 7 heteroatoms. The lowest BCUT2D eigenvalue weighted by Gasteiger charge is -1.79. The molecule has 0 aromatic rings. The van der Waals surface area contributed by atoms with Crippen molar-refractivity contribution in [2.24, 2.45) is 0 Å². The topological polar surface area (TPSA) is 0 Å². The fraction of sp³-hybridized carbons (Fsp3) is 0.500. The van der Waals surface area contributed by atoms with Gasteiger partial charge in [-0.3, -0.25) is 0 Å². The average Bonchev–Trinajstić information content (AvgIpc) is 1.85. The van der Waals surface area contributed by atoms with Crippen LogP contribution in [0.3, 0.4) is 0 Å². The van der Waals surface area contributed by atoms with Crippen molar-refractivity contribution in [1.82, 2.24) is 0 Å². The maximum absolute atomic E-state index is 11.0. The molecule has 0 saturated heterocycles. The van der Waals surface area contributed by atoms with Gasteiger partial charge in [-0.25, -0.2) is 8.78 Å². The van der Waals surface area contributed by atoms with Gasteiger partial charge in [-0.15, -0.1) is 0 Å². The van der Waals surface area contributed by atoms with Gasteiger partial charge in [-0.1, -0.05) is 0 Å². The van der Waals surface area contributed by atoms with Gasteiger partial charge in [0.2, 0.25) is 0 Å². The van der Waals surface area contributed by atoms with Crippen molar-refractivity contribution >= 4 is 0 Å². The van der Waals surface area contributed by atoms with E-state index in [-0.39, 0.29) is 0 Å². The van der Waals surface area contributed by atoms with Crippen LogP contribution in [0.15, 0.2) is 11.9 Å². The Morgan fingerprint density at radius 2 is 1.27 bits per heavy atom. The molecule has 0 aliphatic rings. The largest absolute Gasteiger partial charge is 0.379 e. The molecule has 0 N–H and O–H groups in total. The molecule has 0 amide bonds. The molecule has 68 valence electrons. The SMILES string of the molecule is FC(F)F.FCC(F)=C(F)F. The van der Waals surface area contributed by atoms with E-state index in [0.29, 0.717) is 0 Å². The number of hydrogen-bond donors (Lipinski definition) is 0. The monoisotopic (exact) mass is 184 g/mol. The van der Waals surface area contributed by atoms with Crippen LogP contribution in [0.2, 0.25) is 0 Å². The lowest BCUT2D eigenvalue weighted by Crippen LogP contribution is -1.74. The second kappa shape index (κ2) is 7.36. The van der Waals surface area contributed by atoms with Crippen molar-refractivity contribution in [2.45, 2.75) is 6.68 Å². The van der Waals surface area contributed by atoms with Crippen molar-refractivity contribution < 1.29 is 30.7 Å². The quantitative estimate of drug-likeness (QED) is 0.549. The summed E-state index contributed by atoms with van der Waals surface area (Å²) in [6.45, 7) is -5.39. The Morgan fingerprint density at radius 3 is 1.27 bits per heavy atom. The van der Waals surface area contributed by atoms with Gasteiger partial charge in [0, 0.05) is 0 Å². The minimum Gasteiger partial charge on any atom is -0.243 e. The Morgan fingerprint density at radius 1 is 1.00 bits per heavy atom. The molecule has 0 aliphatic heterocycles. The molecule has 11 heavy (non-hydrogen) atoms. The Hall–Kier alpha value is -0.750. The number of halogens is 7. The maximum atomic E-state index is 11.0. The summed E-state index contributed by atoms with van der Waals surface area (Å²) in [5, 5.41) is 0. The summed E-state index contributed by atoms with van der Waals surface area (Å²) in [5.41, 5.74) is 0. The second-order valence-electron chi connectivity index (χ2n) is 1.05.